The Morgan fingerprint density at radius 3 is 2.57 bits per heavy atom. The maximum atomic E-state index is 12.2. The Morgan fingerprint density at radius 2 is 2.05 bits per heavy atom. The van der Waals surface area contributed by atoms with Crippen LogP contribution in [-0.4, -0.2) is 84.8 Å². The smallest absolute Gasteiger partial charge is 0.336 e. The van der Waals surface area contributed by atoms with Crippen LogP contribution < -0.4 is 5.73 Å². The summed E-state index contributed by atoms with van der Waals surface area (Å²) >= 11 is 0. The van der Waals surface area contributed by atoms with Gasteiger partial charge in [0.2, 0.25) is 5.91 Å². The van der Waals surface area contributed by atoms with Crippen LogP contribution >= 0.6 is 0 Å². The first-order chi connectivity index (χ1) is 9.85. The lowest BCUT2D eigenvalue weighted by Gasteiger charge is -2.34. The second-order valence-electron chi connectivity index (χ2n) is 4.33. The summed E-state index contributed by atoms with van der Waals surface area (Å²) in [5, 5.41) is 8.76. The molecule has 1 saturated heterocycles. The molecule has 0 radical (unpaired) electrons. The lowest BCUT2D eigenvalue weighted by molar-refractivity contribution is -0.158. The van der Waals surface area contributed by atoms with E-state index in [1.54, 1.807) is 0 Å². The SMILES string of the molecule is COC(=O)C1CN(C(=O)N(CC(N)=O)CC(=O)O)CCO1. The quantitative estimate of drug-likeness (QED) is 0.552. The molecule has 3 N–H and O–H groups in total. The molecule has 0 aromatic rings. The van der Waals surface area contributed by atoms with Crippen molar-refractivity contribution >= 4 is 23.9 Å². The Labute approximate surface area is 120 Å². The van der Waals surface area contributed by atoms with E-state index < -0.39 is 43.1 Å². The highest BCUT2D eigenvalue weighted by Crippen LogP contribution is 2.09. The van der Waals surface area contributed by atoms with E-state index in [9.17, 15) is 19.2 Å². The number of rotatable bonds is 5. The van der Waals surface area contributed by atoms with Crippen molar-refractivity contribution in [1.29, 1.82) is 0 Å². The molecule has 1 aliphatic heterocycles. The van der Waals surface area contributed by atoms with Gasteiger partial charge in [-0.25, -0.2) is 9.59 Å². The molecule has 1 aliphatic rings. The van der Waals surface area contributed by atoms with Gasteiger partial charge in [-0.2, -0.15) is 0 Å². The molecular formula is C11H17N3O7. The first-order valence-electron chi connectivity index (χ1n) is 6.08. The number of amides is 3. The Morgan fingerprint density at radius 1 is 1.38 bits per heavy atom. The number of nitrogens with two attached hydrogens (primary N) is 1. The van der Waals surface area contributed by atoms with Gasteiger partial charge in [-0.3, -0.25) is 9.59 Å². The van der Waals surface area contributed by atoms with Crippen molar-refractivity contribution in [1.82, 2.24) is 9.80 Å². The molecule has 10 nitrogen and oxygen atoms in total. The summed E-state index contributed by atoms with van der Waals surface area (Å²) in [4.78, 5) is 47.3. The van der Waals surface area contributed by atoms with Gasteiger partial charge in [0, 0.05) is 6.54 Å². The van der Waals surface area contributed by atoms with E-state index in [-0.39, 0.29) is 19.7 Å². The van der Waals surface area contributed by atoms with E-state index in [1.807, 2.05) is 0 Å². The van der Waals surface area contributed by atoms with Crippen LogP contribution in [0, 0.1) is 0 Å². The number of primary amides is 1. The minimum Gasteiger partial charge on any atom is -0.480 e. The Bertz CT molecular complexity index is 424. The number of carboxylic acids is 1. The normalized spacial score (nSPS) is 18.0. The lowest BCUT2D eigenvalue weighted by atomic mass is 10.3. The third-order valence-corrected chi connectivity index (χ3v) is 2.74. The van der Waals surface area contributed by atoms with Crippen LogP contribution in [-0.2, 0) is 23.9 Å². The standard InChI is InChI=1S/C11H17N3O7/c1-20-10(18)7-4-13(2-3-21-7)11(19)14(5-8(12)15)6-9(16)17/h7H,2-6H2,1H3,(H2,12,15)(H,16,17). The van der Waals surface area contributed by atoms with Gasteiger partial charge in [0.1, 0.15) is 13.1 Å². The predicted octanol–water partition coefficient (Wildman–Crippen LogP) is -2.15. The number of urea groups is 1. The summed E-state index contributed by atoms with van der Waals surface area (Å²) in [6.45, 7) is -1.00. The molecule has 1 heterocycles. The first kappa shape index (κ1) is 16.7. The van der Waals surface area contributed by atoms with Crippen LogP contribution in [0.25, 0.3) is 0 Å². The number of ether oxygens (including phenoxy) is 2. The minimum atomic E-state index is -1.28. The third-order valence-electron chi connectivity index (χ3n) is 2.74. The average molecular weight is 303 g/mol. The van der Waals surface area contributed by atoms with Crippen LogP contribution in [0.15, 0.2) is 0 Å². The van der Waals surface area contributed by atoms with Gasteiger partial charge in [0.15, 0.2) is 6.10 Å². The number of esters is 1. The number of aliphatic carboxylic acids is 1. The lowest BCUT2D eigenvalue weighted by Crippen LogP contribution is -2.55. The summed E-state index contributed by atoms with van der Waals surface area (Å²) < 4.78 is 9.68. The molecule has 0 aliphatic carbocycles. The summed E-state index contributed by atoms with van der Waals surface area (Å²) in [6, 6.07) is -0.701. The number of hydrogen-bond acceptors (Lipinski definition) is 6. The van der Waals surface area contributed by atoms with Gasteiger partial charge in [0.25, 0.3) is 0 Å². The monoisotopic (exact) mass is 303 g/mol. The van der Waals surface area contributed by atoms with E-state index in [0.717, 1.165) is 4.90 Å². The van der Waals surface area contributed by atoms with E-state index in [1.165, 1.54) is 12.0 Å². The molecule has 0 saturated carbocycles. The largest absolute Gasteiger partial charge is 0.480 e. The van der Waals surface area contributed by atoms with E-state index in [4.69, 9.17) is 15.6 Å². The van der Waals surface area contributed by atoms with Crippen LogP contribution in [0.5, 0.6) is 0 Å². The number of nitrogens with zero attached hydrogens (tertiary/aromatic N) is 2. The van der Waals surface area contributed by atoms with Gasteiger partial charge in [-0.05, 0) is 0 Å². The second kappa shape index (κ2) is 7.43. The van der Waals surface area contributed by atoms with Gasteiger partial charge >= 0.3 is 18.0 Å². The van der Waals surface area contributed by atoms with Crippen LogP contribution in [0.3, 0.4) is 0 Å². The van der Waals surface area contributed by atoms with Crippen molar-refractivity contribution in [2.75, 3.05) is 39.9 Å². The topological polar surface area (TPSA) is 139 Å². The number of hydrogen-bond donors (Lipinski definition) is 2. The molecule has 21 heavy (non-hydrogen) atoms. The van der Waals surface area contributed by atoms with Gasteiger partial charge in [-0.15, -0.1) is 0 Å². The number of carbonyl (C=O) groups excluding carboxylic acids is 3. The number of morpholine rings is 1. The zero-order valence-corrected chi connectivity index (χ0v) is 11.5. The predicted molar refractivity (Wildman–Crippen MR) is 67.1 cm³/mol. The van der Waals surface area contributed by atoms with Crippen LogP contribution in [0.4, 0.5) is 4.79 Å². The maximum absolute atomic E-state index is 12.2. The fraction of sp³-hybridized carbons (Fsp3) is 0.636. The van der Waals surface area contributed by atoms with Gasteiger partial charge < -0.3 is 30.1 Å². The van der Waals surface area contributed by atoms with Crippen molar-refractivity contribution in [3.63, 3.8) is 0 Å². The van der Waals surface area contributed by atoms with Crippen molar-refractivity contribution in [3.05, 3.63) is 0 Å². The molecular weight excluding hydrogens is 286 g/mol. The maximum Gasteiger partial charge on any atom is 0.336 e. The molecule has 3 amide bonds. The van der Waals surface area contributed by atoms with Crippen LogP contribution in [0.2, 0.25) is 0 Å². The third kappa shape index (κ3) is 4.91. The van der Waals surface area contributed by atoms with Crippen molar-refractivity contribution < 1.29 is 33.8 Å². The molecule has 0 aromatic heterocycles. The van der Waals surface area contributed by atoms with Gasteiger partial charge in [0.05, 0.1) is 20.3 Å². The summed E-state index contributed by atoms with van der Waals surface area (Å²) in [5.41, 5.74) is 4.99. The fourth-order valence-corrected chi connectivity index (χ4v) is 1.84. The number of carboxylic acid groups (broad SMARTS) is 1. The molecule has 1 rings (SSSR count). The fourth-order valence-electron chi connectivity index (χ4n) is 1.84. The first-order valence-corrected chi connectivity index (χ1v) is 6.08. The molecule has 1 fully saturated rings. The van der Waals surface area contributed by atoms with Crippen molar-refractivity contribution in [2.45, 2.75) is 6.10 Å². The molecule has 10 heteroatoms. The Balaban J connectivity index is 2.75. The van der Waals surface area contributed by atoms with Gasteiger partial charge in [-0.1, -0.05) is 0 Å². The highest BCUT2D eigenvalue weighted by atomic mass is 16.6. The summed E-state index contributed by atoms with van der Waals surface area (Å²) in [7, 11) is 1.19. The van der Waals surface area contributed by atoms with E-state index in [0.29, 0.717) is 0 Å². The molecule has 0 bridgehead atoms. The summed E-state index contributed by atoms with van der Waals surface area (Å²) in [5.74, 6) is -2.74. The zero-order chi connectivity index (χ0) is 16.0. The molecule has 1 atom stereocenters. The van der Waals surface area contributed by atoms with Crippen molar-refractivity contribution in [2.24, 2.45) is 5.73 Å². The number of carbonyl (C=O) groups is 4. The second-order valence-corrected chi connectivity index (χ2v) is 4.33. The summed E-state index contributed by atoms with van der Waals surface area (Å²) in [6.07, 6.45) is -0.937. The highest BCUT2D eigenvalue weighted by Gasteiger charge is 2.32. The molecule has 0 spiro atoms. The van der Waals surface area contributed by atoms with Crippen LogP contribution in [0.1, 0.15) is 0 Å². The Hall–Kier alpha value is -2.36. The van der Waals surface area contributed by atoms with Crippen molar-refractivity contribution in [3.8, 4) is 0 Å². The molecule has 118 valence electrons. The zero-order valence-electron chi connectivity index (χ0n) is 11.5. The highest BCUT2D eigenvalue weighted by molar-refractivity contribution is 5.86. The molecule has 1 unspecified atom stereocenters. The minimum absolute atomic E-state index is 0.0829. The average Bonchev–Trinajstić information content (AvgIpc) is 2.44. The van der Waals surface area contributed by atoms with E-state index in [2.05, 4.69) is 4.74 Å². The Kier molecular flexibility index (Phi) is 5.91. The van der Waals surface area contributed by atoms with E-state index >= 15 is 0 Å². The number of methoxy groups -OCH3 is 1. The molecule has 0 aromatic carbocycles.